The van der Waals surface area contributed by atoms with E-state index in [0.717, 1.165) is 48.2 Å². The molecule has 1 amide bonds. The standard InChI is InChI=1S/C24H32N2O3/c1-5-18-13-14-19-20(25-18)10-8-11-21(19)26(23(28)29-24(2,3)4)16-15-17-9-6-7-12-22(17)27/h6-7,9,12-14,21,27H,5,8,10-11,15-16H2,1-4H3. The van der Waals surface area contributed by atoms with E-state index in [0.29, 0.717) is 13.0 Å². The van der Waals surface area contributed by atoms with Gasteiger partial charge in [0.1, 0.15) is 11.4 Å². The molecule has 29 heavy (non-hydrogen) atoms. The summed E-state index contributed by atoms with van der Waals surface area (Å²) < 4.78 is 5.74. The summed E-state index contributed by atoms with van der Waals surface area (Å²) in [5, 5.41) is 10.1. The van der Waals surface area contributed by atoms with Crippen molar-refractivity contribution in [2.24, 2.45) is 0 Å². The van der Waals surface area contributed by atoms with Crippen LogP contribution >= 0.6 is 0 Å². The quantitative estimate of drug-likeness (QED) is 0.754. The number of carbonyl (C=O) groups is 1. The molecular formula is C24H32N2O3. The molecule has 0 aliphatic heterocycles. The largest absolute Gasteiger partial charge is 0.508 e. The van der Waals surface area contributed by atoms with Crippen LogP contribution in [-0.2, 0) is 24.0 Å². The lowest BCUT2D eigenvalue weighted by atomic mass is 9.89. The highest BCUT2D eigenvalue weighted by Gasteiger charge is 2.32. The van der Waals surface area contributed by atoms with Gasteiger partial charge < -0.3 is 14.7 Å². The van der Waals surface area contributed by atoms with Gasteiger partial charge in [-0.1, -0.05) is 31.2 Å². The van der Waals surface area contributed by atoms with Gasteiger partial charge >= 0.3 is 6.09 Å². The van der Waals surface area contributed by atoms with Crippen molar-refractivity contribution >= 4 is 6.09 Å². The van der Waals surface area contributed by atoms with Crippen LogP contribution in [0.5, 0.6) is 5.75 Å². The first-order chi connectivity index (χ1) is 13.8. The van der Waals surface area contributed by atoms with E-state index in [4.69, 9.17) is 9.72 Å². The maximum absolute atomic E-state index is 13.1. The molecule has 1 aliphatic carbocycles. The van der Waals surface area contributed by atoms with Gasteiger partial charge in [0, 0.05) is 17.9 Å². The van der Waals surface area contributed by atoms with Crippen LogP contribution in [0.1, 0.15) is 69.1 Å². The van der Waals surface area contributed by atoms with Crippen LogP contribution in [-0.4, -0.2) is 33.2 Å². The summed E-state index contributed by atoms with van der Waals surface area (Å²) in [6.07, 6.45) is 3.99. The number of phenols is 1. The van der Waals surface area contributed by atoms with E-state index in [1.54, 1.807) is 12.1 Å². The molecule has 1 aliphatic rings. The zero-order valence-electron chi connectivity index (χ0n) is 17.9. The summed E-state index contributed by atoms with van der Waals surface area (Å²) in [6.45, 7) is 8.24. The van der Waals surface area contributed by atoms with Crippen molar-refractivity contribution in [2.75, 3.05) is 6.54 Å². The normalized spacial score (nSPS) is 16.2. The molecule has 156 valence electrons. The van der Waals surface area contributed by atoms with Crippen molar-refractivity contribution in [1.29, 1.82) is 0 Å². The molecule has 5 nitrogen and oxygen atoms in total. The topological polar surface area (TPSA) is 62.7 Å². The van der Waals surface area contributed by atoms with E-state index in [1.807, 2.05) is 37.8 Å². The molecule has 0 saturated carbocycles. The highest BCUT2D eigenvalue weighted by molar-refractivity contribution is 5.69. The van der Waals surface area contributed by atoms with Crippen molar-refractivity contribution < 1.29 is 14.6 Å². The number of carbonyl (C=O) groups excluding carboxylic acids is 1. The Labute approximate surface area is 173 Å². The monoisotopic (exact) mass is 396 g/mol. The number of hydrogen-bond acceptors (Lipinski definition) is 4. The fourth-order valence-corrected chi connectivity index (χ4v) is 3.86. The zero-order valence-corrected chi connectivity index (χ0v) is 17.9. The fourth-order valence-electron chi connectivity index (χ4n) is 3.86. The molecule has 1 atom stereocenters. The van der Waals surface area contributed by atoms with E-state index in [1.165, 1.54) is 0 Å². The molecule has 1 unspecified atom stereocenters. The molecule has 1 heterocycles. The minimum Gasteiger partial charge on any atom is -0.508 e. The molecule has 0 spiro atoms. The number of aromatic nitrogens is 1. The molecule has 5 heteroatoms. The lowest BCUT2D eigenvalue weighted by Crippen LogP contribution is -2.41. The number of aryl methyl sites for hydroxylation is 2. The second-order valence-corrected chi connectivity index (χ2v) is 8.65. The van der Waals surface area contributed by atoms with E-state index < -0.39 is 5.60 Å². The van der Waals surface area contributed by atoms with Gasteiger partial charge in [0.05, 0.1) is 6.04 Å². The van der Waals surface area contributed by atoms with E-state index in [9.17, 15) is 9.90 Å². The summed E-state index contributed by atoms with van der Waals surface area (Å²) in [5.74, 6) is 0.259. The van der Waals surface area contributed by atoms with E-state index in [2.05, 4.69) is 19.1 Å². The molecule has 0 saturated heterocycles. The van der Waals surface area contributed by atoms with Gasteiger partial charge in [0.2, 0.25) is 0 Å². The summed E-state index contributed by atoms with van der Waals surface area (Å²) in [4.78, 5) is 19.8. The van der Waals surface area contributed by atoms with Crippen molar-refractivity contribution in [3.8, 4) is 5.75 Å². The van der Waals surface area contributed by atoms with Gasteiger partial charge in [-0.2, -0.15) is 0 Å². The molecule has 0 fully saturated rings. The number of hydrogen-bond donors (Lipinski definition) is 1. The first-order valence-corrected chi connectivity index (χ1v) is 10.5. The maximum atomic E-state index is 13.1. The number of benzene rings is 1. The predicted octanol–water partition coefficient (Wildman–Crippen LogP) is 5.21. The average Bonchev–Trinajstić information content (AvgIpc) is 2.67. The smallest absolute Gasteiger partial charge is 0.410 e. The number of phenolic OH excluding ortho intramolecular Hbond substituents is 1. The van der Waals surface area contributed by atoms with Crippen LogP contribution in [0.4, 0.5) is 4.79 Å². The molecule has 0 bridgehead atoms. The lowest BCUT2D eigenvalue weighted by molar-refractivity contribution is 0.0141. The average molecular weight is 397 g/mol. The van der Waals surface area contributed by atoms with Crippen molar-refractivity contribution in [1.82, 2.24) is 9.88 Å². The number of nitrogens with zero attached hydrogens (tertiary/aromatic N) is 2. The molecule has 1 N–H and O–H groups in total. The number of para-hydroxylation sites is 1. The van der Waals surface area contributed by atoms with Gasteiger partial charge in [-0.15, -0.1) is 0 Å². The van der Waals surface area contributed by atoms with Gasteiger partial charge in [0.15, 0.2) is 0 Å². The third kappa shape index (κ3) is 5.28. The minimum atomic E-state index is -0.563. The van der Waals surface area contributed by atoms with Crippen molar-refractivity contribution in [2.45, 2.75) is 71.4 Å². The van der Waals surface area contributed by atoms with Crippen molar-refractivity contribution in [3.63, 3.8) is 0 Å². The summed E-state index contributed by atoms with van der Waals surface area (Å²) >= 11 is 0. The third-order valence-electron chi connectivity index (χ3n) is 5.30. The number of ether oxygens (including phenoxy) is 1. The Morgan fingerprint density at radius 3 is 2.69 bits per heavy atom. The summed E-state index contributed by atoms with van der Waals surface area (Å²) in [6, 6.07) is 11.4. The summed E-state index contributed by atoms with van der Waals surface area (Å²) in [5.41, 5.74) is 3.57. The molecule has 0 radical (unpaired) electrons. The number of fused-ring (bicyclic) bond motifs is 1. The SMILES string of the molecule is CCc1ccc2c(n1)CCCC2N(CCc1ccccc1O)C(=O)OC(C)(C)C. The first kappa shape index (κ1) is 21.2. The molecular weight excluding hydrogens is 364 g/mol. The fraction of sp³-hybridized carbons (Fsp3) is 0.500. The second-order valence-electron chi connectivity index (χ2n) is 8.65. The second kappa shape index (κ2) is 8.85. The number of aromatic hydroxyl groups is 1. The van der Waals surface area contributed by atoms with Crippen molar-refractivity contribution in [3.05, 3.63) is 58.9 Å². The predicted molar refractivity (Wildman–Crippen MR) is 114 cm³/mol. The Kier molecular flexibility index (Phi) is 6.46. The number of rotatable bonds is 5. The lowest BCUT2D eigenvalue weighted by Gasteiger charge is -2.36. The molecule has 1 aromatic heterocycles. The first-order valence-electron chi connectivity index (χ1n) is 10.5. The van der Waals surface area contributed by atoms with Crippen LogP contribution < -0.4 is 0 Å². The van der Waals surface area contributed by atoms with Gasteiger partial charge in [0.25, 0.3) is 0 Å². The molecule has 3 rings (SSSR count). The Bertz CT molecular complexity index is 857. The van der Waals surface area contributed by atoms with Crippen LogP contribution in [0.15, 0.2) is 36.4 Å². The van der Waals surface area contributed by atoms with Gasteiger partial charge in [-0.3, -0.25) is 4.98 Å². The van der Waals surface area contributed by atoms with E-state index >= 15 is 0 Å². The van der Waals surface area contributed by atoms with Crippen LogP contribution in [0.2, 0.25) is 0 Å². The Balaban J connectivity index is 1.89. The number of amides is 1. The van der Waals surface area contributed by atoms with Crippen LogP contribution in [0.3, 0.4) is 0 Å². The highest BCUT2D eigenvalue weighted by atomic mass is 16.6. The highest BCUT2D eigenvalue weighted by Crippen LogP contribution is 2.35. The third-order valence-corrected chi connectivity index (χ3v) is 5.30. The van der Waals surface area contributed by atoms with Crippen LogP contribution in [0, 0.1) is 0 Å². The van der Waals surface area contributed by atoms with Crippen LogP contribution in [0.25, 0.3) is 0 Å². The Hall–Kier alpha value is -2.56. The Morgan fingerprint density at radius 1 is 1.24 bits per heavy atom. The zero-order chi connectivity index (χ0) is 21.0. The van der Waals surface area contributed by atoms with Gasteiger partial charge in [-0.05, 0) is 76.1 Å². The maximum Gasteiger partial charge on any atom is 0.410 e. The Morgan fingerprint density at radius 2 is 2.00 bits per heavy atom. The number of pyridine rings is 1. The summed E-state index contributed by atoms with van der Waals surface area (Å²) in [7, 11) is 0. The minimum absolute atomic E-state index is 0.0575. The van der Waals surface area contributed by atoms with Gasteiger partial charge in [-0.25, -0.2) is 4.79 Å². The van der Waals surface area contributed by atoms with E-state index in [-0.39, 0.29) is 17.9 Å². The molecule has 2 aromatic rings. The molecule has 1 aromatic carbocycles.